The number of H-pyrrole nitrogens is 1. The fourth-order valence-corrected chi connectivity index (χ4v) is 1.36. The summed E-state index contributed by atoms with van der Waals surface area (Å²) in [6.07, 6.45) is 1.69. The van der Waals surface area contributed by atoms with Crippen LogP contribution in [-0.2, 0) is 0 Å². The fourth-order valence-electron chi connectivity index (χ4n) is 1.36. The van der Waals surface area contributed by atoms with Crippen LogP contribution in [0.4, 0.5) is 5.82 Å². The molecule has 7 heteroatoms. The standard InChI is InChI=1S/C10H17N3O4/c1-3-10(4-14,5-15)13-8-7(17-2)9(16)12-6-11-8/h6,14-15H,3-5H2,1-2H3,(H2,11,12,13,16). The van der Waals surface area contributed by atoms with Crippen molar-refractivity contribution in [2.75, 3.05) is 25.6 Å². The van der Waals surface area contributed by atoms with E-state index in [9.17, 15) is 15.0 Å². The number of aromatic amines is 1. The van der Waals surface area contributed by atoms with Crippen molar-refractivity contribution in [2.24, 2.45) is 0 Å². The van der Waals surface area contributed by atoms with E-state index in [0.717, 1.165) is 0 Å². The molecule has 0 saturated heterocycles. The molecule has 0 aliphatic heterocycles. The van der Waals surface area contributed by atoms with Crippen LogP contribution in [0, 0.1) is 0 Å². The van der Waals surface area contributed by atoms with Crippen LogP contribution in [0.5, 0.6) is 5.75 Å². The Morgan fingerprint density at radius 2 is 2.18 bits per heavy atom. The van der Waals surface area contributed by atoms with Crippen molar-refractivity contribution < 1.29 is 14.9 Å². The number of hydrogen-bond acceptors (Lipinski definition) is 6. The van der Waals surface area contributed by atoms with Gasteiger partial charge in [0.05, 0.1) is 32.2 Å². The average molecular weight is 243 g/mol. The molecule has 0 saturated carbocycles. The predicted molar refractivity (Wildman–Crippen MR) is 62.2 cm³/mol. The van der Waals surface area contributed by atoms with Gasteiger partial charge in [0.25, 0.3) is 5.56 Å². The molecule has 0 aromatic carbocycles. The van der Waals surface area contributed by atoms with E-state index in [1.54, 1.807) is 6.92 Å². The molecule has 0 aliphatic rings. The lowest BCUT2D eigenvalue weighted by Gasteiger charge is -2.30. The molecule has 0 aliphatic carbocycles. The third-order valence-corrected chi connectivity index (χ3v) is 2.68. The van der Waals surface area contributed by atoms with E-state index in [1.807, 2.05) is 0 Å². The number of nitrogens with zero attached hydrogens (tertiary/aromatic N) is 1. The maximum atomic E-state index is 11.4. The Bertz CT molecular complexity index is 406. The number of ether oxygens (including phenoxy) is 1. The van der Waals surface area contributed by atoms with Crippen LogP contribution in [0.1, 0.15) is 13.3 Å². The molecule has 0 fully saturated rings. The van der Waals surface area contributed by atoms with Gasteiger partial charge in [0, 0.05) is 0 Å². The second kappa shape index (κ2) is 5.65. The molecule has 17 heavy (non-hydrogen) atoms. The first kappa shape index (κ1) is 13.5. The Labute approximate surface area is 98.5 Å². The SMILES string of the molecule is CCC(CO)(CO)Nc1nc[nH]c(=O)c1OC. The van der Waals surface area contributed by atoms with E-state index < -0.39 is 11.1 Å². The van der Waals surface area contributed by atoms with Gasteiger partial charge in [0.15, 0.2) is 5.82 Å². The van der Waals surface area contributed by atoms with Crippen molar-refractivity contribution in [3.05, 3.63) is 16.7 Å². The van der Waals surface area contributed by atoms with E-state index in [1.165, 1.54) is 13.4 Å². The minimum absolute atomic E-state index is 0.0206. The van der Waals surface area contributed by atoms with E-state index in [4.69, 9.17) is 4.74 Å². The van der Waals surface area contributed by atoms with Gasteiger partial charge >= 0.3 is 0 Å². The molecule has 7 nitrogen and oxygen atoms in total. The van der Waals surface area contributed by atoms with E-state index in [-0.39, 0.29) is 24.8 Å². The molecular weight excluding hydrogens is 226 g/mol. The lowest BCUT2D eigenvalue weighted by Crippen LogP contribution is -2.45. The highest BCUT2D eigenvalue weighted by molar-refractivity contribution is 5.50. The Balaban J connectivity index is 3.09. The number of rotatable bonds is 6. The minimum Gasteiger partial charge on any atom is -0.489 e. The Hall–Kier alpha value is -1.60. The zero-order valence-corrected chi connectivity index (χ0v) is 9.86. The van der Waals surface area contributed by atoms with E-state index in [0.29, 0.717) is 6.42 Å². The van der Waals surface area contributed by atoms with Crippen molar-refractivity contribution in [3.8, 4) is 5.75 Å². The lowest BCUT2D eigenvalue weighted by molar-refractivity contribution is 0.132. The van der Waals surface area contributed by atoms with Crippen LogP contribution in [-0.4, -0.2) is 46.0 Å². The van der Waals surface area contributed by atoms with Crippen molar-refractivity contribution in [1.29, 1.82) is 0 Å². The highest BCUT2D eigenvalue weighted by atomic mass is 16.5. The number of methoxy groups -OCH3 is 1. The molecule has 1 aromatic rings. The van der Waals surface area contributed by atoms with Gasteiger partial charge in [-0.2, -0.15) is 0 Å². The summed E-state index contributed by atoms with van der Waals surface area (Å²) < 4.78 is 4.92. The third kappa shape index (κ3) is 2.75. The maximum Gasteiger partial charge on any atom is 0.295 e. The van der Waals surface area contributed by atoms with Crippen molar-refractivity contribution in [1.82, 2.24) is 9.97 Å². The van der Waals surface area contributed by atoms with Gasteiger partial charge in [-0.25, -0.2) is 4.98 Å². The monoisotopic (exact) mass is 243 g/mol. The number of aromatic nitrogens is 2. The summed E-state index contributed by atoms with van der Waals surface area (Å²) in [7, 11) is 1.35. The number of aliphatic hydroxyl groups is 2. The first-order valence-corrected chi connectivity index (χ1v) is 5.24. The Kier molecular flexibility index (Phi) is 4.47. The normalized spacial score (nSPS) is 11.3. The van der Waals surface area contributed by atoms with Gasteiger partial charge in [-0.15, -0.1) is 0 Å². The van der Waals surface area contributed by atoms with Crippen LogP contribution < -0.4 is 15.6 Å². The van der Waals surface area contributed by atoms with E-state index >= 15 is 0 Å². The summed E-state index contributed by atoms with van der Waals surface area (Å²) in [5.41, 5.74) is -1.35. The zero-order valence-electron chi connectivity index (χ0n) is 9.86. The molecule has 0 spiro atoms. The molecule has 1 rings (SSSR count). The molecule has 0 radical (unpaired) electrons. The van der Waals surface area contributed by atoms with Gasteiger partial charge in [-0.1, -0.05) is 6.92 Å². The minimum atomic E-state index is -0.923. The average Bonchev–Trinajstić information content (AvgIpc) is 2.36. The van der Waals surface area contributed by atoms with Gasteiger partial charge in [0.2, 0.25) is 5.75 Å². The van der Waals surface area contributed by atoms with Crippen LogP contribution >= 0.6 is 0 Å². The van der Waals surface area contributed by atoms with Crippen LogP contribution in [0.2, 0.25) is 0 Å². The number of aliphatic hydroxyl groups excluding tert-OH is 2. The summed E-state index contributed by atoms with van der Waals surface area (Å²) >= 11 is 0. The first-order valence-electron chi connectivity index (χ1n) is 5.24. The number of nitrogens with one attached hydrogen (secondary N) is 2. The van der Waals surface area contributed by atoms with Gasteiger partial charge < -0.3 is 25.3 Å². The molecule has 0 bridgehead atoms. The summed E-state index contributed by atoms with van der Waals surface area (Å²) in [6.45, 7) is 1.24. The van der Waals surface area contributed by atoms with E-state index in [2.05, 4.69) is 15.3 Å². The Morgan fingerprint density at radius 1 is 1.53 bits per heavy atom. The topological polar surface area (TPSA) is 107 Å². The number of hydrogen-bond donors (Lipinski definition) is 4. The summed E-state index contributed by atoms with van der Waals surface area (Å²) in [5, 5.41) is 21.4. The van der Waals surface area contributed by atoms with Gasteiger partial charge in [0.1, 0.15) is 0 Å². The molecule has 4 N–H and O–H groups in total. The van der Waals surface area contributed by atoms with Crippen molar-refractivity contribution in [3.63, 3.8) is 0 Å². The summed E-state index contributed by atoms with van der Waals surface area (Å²) in [5.74, 6) is 0.216. The van der Waals surface area contributed by atoms with Gasteiger partial charge in [-0.05, 0) is 6.42 Å². The molecule has 1 aromatic heterocycles. The second-order valence-corrected chi connectivity index (χ2v) is 3.69. The fraction of sp³-hybridized carbons (Fsp3) is 0.600. The highest BCUT2D eigenvalue weighted by Crippen LogP contribution is 2.21. The third-order valence-electron chi connectivity index (χ3n) is 2.68. The molecule has 0 amide bonds. The molecule has 0 atom stereocenters. The van der Waals surface area contributed by atoms with Crippen molar-refractivity contribution >= 4 is 5.82 Å². The van der Waals surface area contributed by atoms with Crippen LogP contribution in [0.25, 0.3) is 0 Å². The lowest BCUT2D eigenvalue weighted by atomic mass is 9.98. The van der Waals surface area contributed by atoms with Crippen molar-refractivity contribution in [2.45, 2.75) is 18.9 Å². The first-order chi connectivity index (χ1) is 8.12. The van der Waals surface area contributed by atoms with Gasteiger partial charge in [-0.3, -0.25) is 4.79 Å². The highest BCUT2D eigenvalue weighted by Gasteiger charge is 2.28. The smallest absolute Gasteiger partial charge is 0.295 e. The summed E-state index contributed by atoms with van der Waals surface area (Å²) in [6, 6.07) is 0. The number of anilines is 1. The molecule has 1 heterocycles. The predicted octanol–water partition coefficient (Wildman–Crippen LogP) is -0.676. The largest absolute Gasteiger partial charge is 0.489 e. The molecular formula is C10H17N3O4. The molecule has 96 valence electrons. The summed E-state index contributed by atoms with van der Waals surface area (Å²) in [4.78, 5) is 17.7. The Morgan fingerprint density at radius 3 is 2.65 bits per heavy atom. The zero-order chi connectivity index (χ0) is 12.9. The quantitative estimate of drug-likeness (QED) is 0.527. The second-order valence-electron chi connectivity index (χ2n) is 3.69. The van der Waals surface area contributed by atoms with Crippen LogP contribution in [0.15, 0.2) is 11.1 Å². The van der Waals surface area contributed by atoms with Crippen LogP contribution in [0.3, 0.4) is 0 Å². The maximum absolute atomic E-state index is 11.4. The molecule has 0 unspecified atom stereocenters.